The quantitative estimate of drug-likeness (QED) is 0.681. The third-order valence-corrected chi connectivity index (χ3v) is 3.39. The van der Waals surface area contributed by atoms with Gasteiger partial charge in [0.1, 0.15) is 11.6 Å². The Morgan fingerprint density at radius 3 is 2.32 bits per heavy atom. The number of nitriles is 1. The van der Waals surface area contributed by atoms with Crippen LogP contribution in [-0.2, 0) is 4.79 Å². The van der Waals surface area contributed by atoms with E-state index in [2.05, 4.69) is 5.32 Å². The van der Waals surface area contributed by atoms with Crippen LogP contribution in [-0.4, -0.2) is 5.91 Å². The molecule has 2 rings (SSSR count). The molecule has 3 heteroatoms. The fourth-order valence-electron chi connectivity index (χ4n) is 2.04. The van der Waals surface area contributed by atoms with E-state index in [-0.39, 0.29) is 5.57 Å². The molecular formula is C19H18N2O. The Hall–Kier alpha value is -2.86. The predicted octanol–water partition coefficient (Wildman–Crippen LogP) is 4.16. The summed E-state index contributed by atoms with van der Waals surface area (Å²) >= 11 is 0. The van der Waals surface area contributed by atoms with E-state index >= 15 is 0 Å². The molecule has 110 valence electrons. The molecule has 0 heterocycles. The summed E-state index contributed by atoms with van der Waals surface area (Å²) in [5.41, 5.74) is 4.81. The predicted molar refractivity (Wildman–Crippen MR) is 89.3 cm³/mol. The molecule has 0 saturated carbocycles. The van der Waals surface area contributed by atoms with E-state index in [1.54, 1.807) is 6.08 Å². The normalized spacial score (nSPS) is 10.9. The van der Waals surface area contributed by atoms with Gasteiger partial charge in [0, 0.05) is 5.69 Å². The molecule has 2 aromatic carbocycles. The van der Waals surface area contributed by atoms with Crippen molar-refractivity contribution in [3.63, 3.8) is 0 Å². The molecule has 3 nitrogen and oxygen atoms in total. The average molecular weight is 290 g/mol. The Morgan fingerprint density at radius 2 is 1.68 bits per heavy atom. The number of rotatable bonds is 3. The third-order valence-electron chi connectivity index (χ3n) is 3.39. The monoisotopic (exact) mass is 290 g/mol. The topological polar surface area (TPSA) is 52.9 Å². The van der Waals surface area contributed by atoms with E-state index in [9.17, 15) is 10.1 Å². The fraction of sp³-hybridized carbons (Fsp3) is 0.158. The second-order valence-corrected chi connectivity index (χ2v) is 5.35. The van der Waals surface area contributed by atoms with Gasteiger partial charge in [0.2, 0.25) is 0 Å². The van der Waals surface area contributed by atoms with E-state index in [0.29, 0.717) is 0 Å². The van der Waals surface area contributed by atoms with Crippen LogP contribution in [0.25, 0.3) is 6.08 Å². The van der Waals surface area contributed by atoms with Gasteiger partial charge in [-0.1, -0.05) is 42.0 Å². The van der Waals surface area contributed by atoms with Gasteiger partial charge in [0.15, 0.2) is 0 Å². The molecule has 0 aliphatic rings. The first-order valence-electron chi connectivity index (χ1n) is 7.06. The number of anilines is 1. The minimum Gasteiger partial charge on any atom is -0.321 e. The Balaban J connectivity index is 2.24. The first-order valence-corrected chi connectivity index (χ1v) is 7.06. The average Bonchev–Trinajstić information content (AvgIpc) is 2.50. The number of nitrogens with zero attached hydrogens (tertiary/aromatic N) is 1. The second kappa shape index (κ2) is 6.73. The molecule has 1 N–H and O–H groups in total. The van der Waals surface area contributed by atoms with Crippen molar-refractivity contribution in [3.8, 4) is 6.07 Å². The molecule has 1 amide bonds. The lowest BCUT2D eigenvalue weighted by molar-refractivity contribution is -0.112. The summed E-state index contributed by atoms with van der Waals surface area (Å²) in [6, 6.07) is 15.5. The van der Waals surface area contributed by atoms with Crippen molar-refractivity contribution >= 4 is 17.7 Å². The summed E-state index contributed by atoms with van der Waals surface area (Å²) < 4.78 is 0. The van der Waals surface area contributed by atoms with Crippen LogP contribution in [0, 0.1) is 32.1 Å². The minimum atomic E-state index is -0.392. The lowest BCUT2D eigenvalue weighted by Crippen LogP contribution is -2.14. The van der Waals surface area contributed by atoms with Gasteiger partial charge in [-0.15, -0.1) is 0 Å². The summed E-state index contributed by atoms with van der Waals surface area (Å²) in [5, 5.41) is 12.0. The Morgan fingerprint density at radius 1 is 1.05 bits per heavy atom. The summed E-state index contributed by atoms with van der Waals surface area (Å²) in [7, 11) is 0. The maximum absolute atomic E-state index is 12.3. The molecule has 2 aromatic rings. The van der Waals surface area contributed by atoms with Gasteiger partial charge in [0.05, 0.1) is 0 Å². The number of benzene rings is 2. The summed E-state index contributed by atoms with van der Waals surface area (Å²) in [6.07, 6.45) is 1.60. The summed E-state index contributed by atoms with van der Waals surface area (Å²) in [5.74, 6) is -0.392. The fourth-order valence-corrected chi connectivity index (χ4v) is 2.04. The van der Waals surface area contributed by atoms with Crippen molar-refractivity contribution in [1.82, 2.24) is 0 Å². The molecule has 22 heavy (non-hydrogen) atoms. The van der Waals surface area contributed by atoms with Crippen LogP contribution in [0.5, 0.6) is 0 Å². The van der Waals surface area contributed by atoms with Crippen molar-refractivity contribution in [2.45, 2.75) is 20.8 Å². The number of carbonyl (C=O) groups excluding carboxylic acids is 1. The molecular weight excluding hydrogens is 272 g/mol. The standard InChI is InChI=1S/C19H18N2O/c1-13-5-8-16(9-6-13)11-17(12-20)19(22)21-18-10-14(2)4-7-15(18)3/h4-11H,1-3H3,(H,21,22)/b17-11-. The zero-order valence-electron chi connectivity index (χ0n) is 13.0. The molecule has 0 aliphatic carbocycles. The molecule has 0 saturated heterocycles. The first kappa shape index (κ1) is 15.5. The molecule has 0 aromatic heterocycles. The lowest BCUT2D eigenvalue weighted by atomic mass is 10.1. The Labute approximate surface area is 130 Å². The van der Waals surface area contributed by atoms with Gasteiger partial charge in [-0.3, -0.25) is 4.79 Å². The Bertz CT molecular complexity index is 765. The number of amides is 1. The van der Waals surface area contributed by atoms with E-state index in [1.165, 1.54) is 0 Å². The van der Waals surface area contributed by atoms with Gasteiger partial charge in [-0.05, 0) is 49.6 Å². The number of carbonyl (C=O) groups is 1. The number of hydrogen-bond acceptors (Lipinski definition) is 2. The number of hydrogen-bond donors (Lipinski definition) is 1. The van der Waals surface area contributed by atoms with Crippen LogP contribution < -0.4 is 5.32 Å². The maximum atomic E-state index is 12.3. The van der Waals surface area contributed by atoms with Gasteiger partial charge < -0.3 is 5.32 Å². The number of nitrogens with one attached hydrogen (secondary N) is 1. The highest BCUT2D eigenvalue weighted by Crippen LogP contribution is 2.18. The highest BCUT2D eigenvalue weighted by molar-refractivity contribution is 6.10. The molecule has 0 fully saturated rings. The molecule has 0 aliphatic heterocycles. The van der Waals surface area contributed by atoms with Crippen LogP contribution in [0.15, 0.2) is 48.0 Å². The highest BCUT2D eigenvalue weighted by Gasteiger charge is 2.11. The largest absolute Gasteiger partial charge is 0.321 e. The van der Waals surface area contributed by atoms with Gasteiger partial charge >= 0.3 is 0 Å². The second-order valence-electron chi connectivity index (χ2n) is 5.35. The van der Waals surface area contributed by atoms with Gasteiger partial charge in [0.25, 0.3) is 5.91 Å². The van der Waals surface area contributed by atoms with Crippen LogP contribution in [0.3, 0.4) is 0 Å². The summed E-state index contributed by atoms with van der Waals surface area (Å²) in [4.78, 5) is 12.3. The van der Waals surface area contributed by atoms with Crippen LogP contribution >= 0.6 is 0 Å². The van der Waals surface area contributed by atoms with E-state index in [0.717, 1.165) is 27.9 Å². The molecule has 0 bridgehead atoms. The zero-order chi connectivity index (χ0) is 16.1. The lowest BCUT2D eigenvalue weighted by Gasteiger charge is -2.08. The van der Waals surface area contributed by atoms with Gasteiger partial charge in [-0.2, -0.15) is 5.26 Å². The minimum absolute atomic E-state index is 0.0877. The smallest absolute Gasteiger partial charge is 0.266 e. The van der Waals surface area contributed by atoms with Crippen molar-refractivity contribution in [2.75, 3.05) is 5.32 Å². The van der Waals surface area contributed by atoms with Crippen molar-refractivity contribution in [2.24, 2.45) is 0 Å². The first-order chi connectivity index (χ1) is 10.5. The highest BCUT2D eigenvalue weighted by atomic mass is 16.1. The Kier molecular flexibility index (Phi) is 4.75. The third kappa shape index (κ3) is 3.83. The molecule has 0 spiro atoms. The maximum Gasteiger partial charge on any atom is 0.266 e. The summed E-state index contributed by atoms with van der Waals surface area (Å²) in [6.45, 7) is 5.87. The van der Waals surface area contributed by atoms with Crippen LogP contribution in [0.2, 0.25) is 0 Å². The van der Waals surface area contributed by atoms with Crippen molar-refractivity contribution < 1.29 is 4.79 Å². The van der Waals surface area contributed by atoms with E-state index < -0.39 is 5.91 Å². The van der Waals surface area contributed by atoms with E-state index in [4.69, 9.17) is 0 Å². The molecule has 0 atom stereocenters. The van der Waals surface area contributed by atoms with Crippen LogP contribution in [0.1, 0.15) is 22.3 Å². The van der Waals surface area contributed by atoms with Crippen molar-refractivity contribution in [1.29, 1.82) is 5.26 Å². The van der Waals surface area contributed by atoms with E-state index in [1.807, 2.05) is 69.3 Å². The van der Waals surface area contributed by atoms with Gasteiger partial charge in [-0.25, -0.2) is 0 Å². The number of aryl methyl sites for hydroxylation is 3. The van der Waals surface area contributed by atoms with Crippen LogP contribution in [0.4, 0.5) is 5.69 Å². The zero-order valence-corrected chi connectivity index (χ0v) is 13.0. The van der Waals surface area contributed by atoms with Crippen molar-refractivity contribution in [3.05, 3.63) is 70.3 Å². The molecule has 0 unspecified atom stereocenters. The SMILES string of the molecule is Cc1ccc(/C=C(/C#N)C(=O)Nc2cc(C)ccc2C)cc1. The molecule has 0 radical (unpaired) electrons.